The summed E-state index contributed by atoms with van der Waals surface area (Å²) in [4.78, 5) is 0. The molecule has 2 N–H and O–H groups in total. The number of fused-ring (bicyclic) bond motifs is 1. The largest absolute Gasteiger partial charge is 0.396 e. The summed E-state index contributed by atoms with van der Waals surface area (Å²) in [6, 6.07) is 8.84. The van der Waals surface area contributed by atoms with Crippen LogP contribution in [0.15, 0.2) is 24.3 Å². The quantitative estimate of drug-likeness (QED) is 0.873. The van der Waals surface area contributed by atoms with Gasteiger partial charge in [-0.05, 0) is 42.3 Å². The average molecular weight is 261 g/mol. The van der Waals surface area contributed by atoms with E-state index in [4.69, 9.17) is 4.74 Å². The predicted molar refractivity (Wildman–Crippen MR) is 74.8 cm³/mol. The lowest BCUT2D eigenvalue weighted by atomic mass is 9.95. The lowest BCUT2D eigenvalue weighted by Gasteiger charge is -2.28. The molecule has 3 unspecified atom stereocenters. The summed E-state index contributed by atoms with van der Waals surface area (Å²) in [7, 11) is 0. The maximum absolute atomic E-state index is 9.38. The number of hydrogen-bond donors (Lipinski definition) is 2. The molecular formula is C16H23NO2. The van der Waals surface area contributed by atoms with Crippen LogP contribution in [-0.2, 0) is 11.3 Å². The second-order valence-corrected chi connectivity index (χ2v) is 5.81. The zero-order valence-electron chi connectivity index (χ0n) is 11.3. The molecule has 3 rings (SSSR count). The Morgan fingerprint density at radius 1 is 1.21 bits per heavy atom. The number of nitrogens with one attached hydrogen (secondary N) is 1. The number of ether oxygens (including phenoxy) is 1. The molecule has 1 aliphatic heterocycles. The van der Waals surface area contributed by atoms with E-state index in [1.54, 1.807) is 0 Å². The topological polar surface area (TPSA) is 41.5 Å². The zero-order valence-corrected chi connectivity index (χ0v) is 11.3. The normalized spacial score (nSPS) is 30.3. The molecule has 0 radical (unpaired) electrons. The molecule has 0 amide bonds. The molecule has 0 aromatic heterocycles. The summed E-state index contributed by atoms with van der Waals surface area (Å²) in [5, 5.41) is 13.0. The summed E-state index contributed by atoms with van der Waals surface area (Å²) in [5.74, 6) is 1.12. The van der Waals surface area contributed by atoms with Crippen molar-refractivity contribution in [1.82, 2.24) is 5.32 Å². The molecule has 1 aromatic rings. The molecule has 3 heteroatoms. The molecule has 1 aromatic carbocycles. The Bertz CT molecular complexity index is 421. The molecule has 19 heavy (non-hydrogen) atoms. The van der Waals surface area contributed by atoms with Crippen molar-refractivity contribution in [3.05, 3.63) is 35.4 Å². The molecule has 1 heterocycles. The molecule has 0 bridgehead atoms. The van der Waals surface area contributed by atoms with Crippen molar-refractivity contribution in [2.75, 3.05) is 19.8 Å². The van der Waals surface area contributed by atoms with Gasteiger partial charge in [0.2, 0.25) is 0 Å². The van der Waals surface area contributed by atoms with Crippen LogP contribution in [0.1, 0.15) is 36.4 Å². The van der Waals surface area contributed by atoms with Crippen LogP contribution < -0.4 is 5.32 Å². The number of benzene rings is 1. The van der Waals surface area contributed by atoms with Crippen LogP contribution in [0.25, 0.3) is 0 Å². The van der Waals surface area contributed by atoms with Crippen LogP contribution in [0.4, 0.5) is 0 Å². The molecule has 0 spiro atoms. The van der Waals surface area contributed by atoms with E-state index in [2.05, 4.69) is 29.6 Å². The van der Waals surface area contributed by atoms with Crippen molar-refractivity contribution in [2.24, 2.45) is 11.8 Å². The van der Waals surface area contributed by atoms with E-state index in [1.165, 1.54) is 30.4 Å². The lowest BCUT2D eigenvalue weighted by molar-refractivity contribution is 0.0792. The van der Waals surface area contributed by atoms with Crippen molar-refractivity contribution in [1.29, 1.82) is 0 Å². The minimum Gasteiger partial charge on any atom is -0.396 e. The van der Waals surface area contributed by atoms with E-state index < -0.39 is 0 Å². The fourth-order valence-corrected chi connectivity index (χ4v) is 3.47. The van der Waals surface area contributed by atoms with Gasteiger partial charge in [-0.15, -0.1) is 0 Å². The predicted octanol–water partition coefficient (Wildman–Crippen LogP) is 2.26. The number of rotatable bonds is 4. The molecule has 104 valence electrons. The highest BCUT2D eigenvalue weighted by atomic mass is 16.5. The highest BCUT2D eigenvalue weighted by molar-refractivity contribution is 5.31. The zero-order chi connectivity index (χ0) is 13.1. The Morgan fingerprint density at radius 2 is 2.05 bits per heavy atom. The number of aliphatic hydroxyl groups is 1. The number of aliphatic hydroxyl groups excluding tert-OH is 1. The first kappa shape index (κ1) is 13.1. The van der Waals surface area contributed by atoms with Crippen LogP contribution >= 0.6 is 0 Å². The average Bonchev–Trinajstić information content (AvgIpc) is 2.92. The molecule has 1 fully saturated rings. The molecule has 2 aliphatic rings. The first-order valence-corrected chi connectivity index (χ1v) is 7.38. The SMILES string of the molecule is OCC1CCCC1CNC1COCc2ccccc21. The van der Waals surface area contributed by atoms with Crippen LogP contribution in [0, 0.1) is 11.8 Å². The van der Waals surface area contributed by atoms with Crippen LogP contribution in [0.3, 0.4) is 0 Å². The second-order valence-electron chi connectivity index (χ2n) is 5.81. The summed E-state index contributed by atoms with van der Waals surface area (Å²) in [6.07, 6.45) is 3.68. The van der Waals surface area contributed by atoms with Crippen molar-refractivity contribution in [3.63, 3.8) is 0 Å². The van der Waals surface area contributed by atoms with Gasteiger partial charge in [0.15, 0.2) is 0 Å². The van der Waals surface area contributed by atoms with Crippen LogP contribution in [0.5, 0.6) is 0 Å². The van der Waals surface area contributed by atoms with Gasteiger partial charge in [-0.2, -0.15) is 0 Å². The van der Waals surface area contributed by atoms with Gasteiger partial charge in [0, 0.05) is 6.61 Å². The van der Waals surface area contributed by atoms with Gasteiger partial charge >= 0.3 is 0 Å². The highest BCUT2D eigenvalue weighted by Crippen LogP contribution is 2.32. The van der Waals surface area contributed by atoms with E-state index in [0.717, 1.165) is 19.8 Å². The fraction of sp³-hybridized carbons (Fsp3) is 0.625. The Balaban J connectivity index is 1.62. The third-order valence-corrected chi connectivity index (χ3v) is 4.65. The standard InChI is InChI=1S/C16H23NO2/c18-9-13-6-3-5-12(13)8-17-16-11-19-10-14-4-1-2-7-15(14)16/h1-2,4,7,12-13,16-18H,3,5-6,8-11H2. The van der Waals surface area contributed by atoms with E-state index in [-0.39, 0.29) is 0 Å². The summed E-state index contributed by atoms with van der Waals surface area (Å²) in [5.41, 5.74) is 2.68. The fourth-order valence-electron chi connectivity index (χ4n) is 3.47. The Morgan fingerprint density at radius 3 is 2.95 bits per heavy atom. The molecule has 3 atom stereocenters. The van der Waals surface area contributed by atoms with E-state index in [1.807, 2.05) is 0 Å². The Labute approximate surface area is 115 Å². The third-order valence-electron chi connectivity index (χ3n) is 4.65. The van der Waals surface area contributed by atoms with Gasteiger partial charge in [-0.1, -0.05) is 30.7 Å². The van der Waals surface area contributed by atoms with Crippen molar-refractivity contribution in [2.45, 2.75) is 31.9 Å². The smallest absolute Gasteiger partial charge is 0.0721 e. The van der Waals surface area contributed by atoms with Gasteiger partial charge in [0.1, 0.15) is 0 Å². The third kappa shape index (κ3) is 2.83. The minimum absolute atomic E-state index is 0.310. The van der Waals surface area contributed by atoms with E-state index in [9.17, 15) is 5.11 Å². The molecule has 1 aliphatic carbocycles. The first-order chi connectivity index (χ1) is 9.38. The molecular weight excluding hydrogens is 238 g/mol. The molecule has 1 saturated carbocycles. The Kier molecular flexibility index (Phi) is 4.16. The molecule has 0 saturated heterocycles. The molecule has 3 nitrogen and oxygen atoms in total. The van der Waals surface area contributed by atoms with Crippen molar-refractivity contribution in [3.8, 4) is 0 Å². The highest BCUT2D eigenvalue weighted by Gasteiger charge is 2.28. The lowest BCUT2D eigenvalue weighted by Crippen LogP contribution is -2.34. The summed E-state index contributed by atoms with van der Waals surface area (Å²) >= 11 is 0. The minimum atomic E-state index is 0.310. The van der Waals surface area contributed by atoms with Gasteiger partial charge < -0.3 is 15.2 Å². The first-order valence-electron chi connectivity index (χ1n) is 7.38. The van der Waals surface area contributed by atoms with Gasteiger partial charge in [0.25, 0.3) is 0 Å². The van der Waals surface area contributed by atoms with Gasteiger partial charge in [-0.25, -0.2) is 0 Å². The monoisotopic (exact) mass is 261 g/mol. The van der Waals surface area contributed by atoms with Crippen molar-refractivity contribution < 1.29 is 9.84 Å². The maximum atomic E-state index is 9.38. The van der Waals surface area contributed by atoms with E-state index >= 15 is 0 Å². The van der Waals surface area contributed by atoms with Crippen molar-refractivity contribution >= 4 is 0 Å². The summed E-state index contributed by atoms with van der Waals surface area (Å²) < 4.78 is 5.67. The van der Waals surface area contributed by atoms with E-state index in [0.29, 0.717) is 24.5 Å². The second kappa shape index (κ2) is 6.04. The summed E-state index contributed by atoms with van der Waals surface area (Å²) in [6.45, 7) is 2.82. The van der Waals surface area contributed by atoms with Gasteiger partial charge in [-0.3, -0.25) is 0 Å². The number of hydrogen-bond acceptors (Lipinski definition) is 3. The van der Waals surface area contributed by atoms with Crippen LogP contribution in [0.2, 0.25) is 0 Å². The Hall–Kier alpha value is -0.900. The van der Waals surface area contributed by atoms with Gasteiger partial charge in [0.05, 0.1) is 19.3 Å². The maximum Gasteiger partial charge on any atom is 0.0721 e. The van der Waals surface area contributed by atoms with Crippen LogP contribution in [-0.4, -0.2) is 24.9 Å².